The van der Waals surface area contributed by atoms with Crippen LogP contribution in [0.25, 0.3) is 0 Å². The van der Waals surface area contributed by atoms with Crippen LogP contribution in [0.15, 0.2) is 24.5 Å². The zero-order valence-electron chi connectivity index (χ0n) is 15.6. The van der Waals surface area contributed by atoms with Gasteiger partial charge in [0.15, 0.2) is 0 Å². The first-order chi connectivity index (χ1) is 11.3. The maximum atomic E-state index is 9.01. The summed E-state index contributed by atoms with van der Waals surface area (Å²) in [6.45, 7) is 6.02. The second-order valence-corrected chi connectivity index (χ2v) is 7.51. The van der Waals surface area contributed by atoms with Crippen molar-refractivity contribution in [1.82, 2.24) is 0 Å². The Bertz CT molecular complexity index is 318. The van der Waals surface area contributed by atoms with Crippen molar-refractivity contribution < 1.29 is 5.11 Å². The van der Waals surface area contributed by atoms with Gasteiger partial charge in [-0.1, -0.05) is 103 Å². The summed E-state index contributed by atoms with van der Waals surface area (Å²) in [5.41, 5.74) is 0.979. The fraction of sp³-hybridized carbons (Fsp3) is 0.818. The smallest absolute Gasteiger partial charge is 0.0823 e. The summed E-state index contributed by atoms with van der Waals surface area (Å²) in [4.78, 5) is 0. The first-order valence-electron chi connectivity index (χ1n) is 10.3. The van der Waals surface area contributed by atoms with Crippen LogP contribution in [-0.4, -0.2) is 5.11 Å². The maximum absolute atomic E-state index is 9.01. The fourth-order valence-electron chi connectivity index (χ4n) is 4.19. The summed E-state index contributed by atoms with van der Waals surface area (Å²) in [7, 11) is 0. The van der Waals surface area contributed by atoms with Gasteiger partial charge in [0.05, 0.1) is 6.26 Å². The molecule has 0 radical (unpaired) electrons. The second kappa shape index (κ2) is 13.7. The van der Waals surface area contributed by atoms with Crippen molar-refractivity contribution in [2.75, 3.05) is 0 Å². The molecule has 1 aliphatic carbocycles. The second-order valence-electron chi connectivity index (χ2n) is 7.51. The summed E-state index contributed by atoms with van der Waals surface area (Å²) in [6, 6.07) is 0. The Hall–Kier alpha value is -0.720. The zero-order chi connectivity index (χ0) is 16.8. The summed E-state index contributed by atoms with van der Waals surface area (Å²) in [5, 5.41) is 9.01. The van der Waals surface area contributed by atoms with Crippen LogP contribution in [0.1, 0.15) is 103 Å². The minimum absolute atomic E-state index is 0.978. The van der Waals surface area contributed by atoms with E-state index in [0.29, 0.717) is 0 Å². The Morgan fingerprint density at radius 1 is 0.913 bits per heavy atom. The van der Waals surface area contributed by atoms with Crippen molar-refractivity contribution in [2.45, 2.75) is 103 Å². The molecule has 0 saturated heterocycles. The van der Waals surface area contributed by atoms with Gasteiger partial charge in [0.2, 0.25) is 0 Å². The van der Waals surface area contributed by atoms with Gasteiger partial charge >= 0.3 is 0 Å². The molecule has 2 atom stereocenters. The number of aliphatic hydroxyl groups excluding tert-OH is 1. The molecule has 0 aromatic carbocycles. The van der Waals surface area contributed by atoms with Gasteiger partial charge in [-0.15, -0.1) is 0 Å². The molecule has 1 saturated carbocycles. The van der Waals surface area contributed by atoms with Crippen LogP contribution >= 0.6 is 0 Å². The molecule has 0 unspecified atom stereocenters. The van der Waals surface area contributed by atoms with Crippen LogP contribution in [-0.2, 0) is 0 Å². The van der Waals surface area contributed by atoms with Crippen LogP contribution < -0.4 is 0 Å². The van der Waals surface area contributed by atoms with Crippen molar-refractivity contribution in [2.24, 2.45) is 11.8 Å². The number of hydrogen-bond donors (Lipinski definition) is 1. The maximum Gasteiger partial charge on any atom is 0.0823 e. The first-order valence-corrected chi connectivity index (χ1v) is 10.3. The van der Waals surface area contributed by atoms with E-state index in [1.54, 1.807) is 6.08 Å². The van der Waals surface area contributed by atoms with Crippen LogP contribution in [0.3, 0.4) is 0 Å². The Morgan fingerprint density at radius 3 is 2.04 bits per heavy atom. The van der Waals surface area contributed by atoms with Crippen LogP contribution in [0, 0.1) is 11.8 Å². The van der Waals surface area contributed by atoms with E-state index in [9.17, 15) is 0 Å². The predicted molar refractivity (Wildman–Crippen MR) is 103 cm³/mol. The molecular weight excluding hydrogens is 280 g/mol. The third-order valence-electron chi connectivity index (χ3n) is 5.71. The quantitative estimate of drug-likeness (QED) is 0.197. The SMILES string of the molecule is C=CC(=CO)CCCCC[C@H]1CCC[C@@H]1CCCCCCCC. The minimum Gasteiger partial charge on any atom is -0.515 e. The van der Waals surface area contributed by atoms with Crippen LogP contribution in [0.4, 0.5) is 0 Å². The van der Waals surface area contributed by atoms with Gasteiger partial charge in [-0.05, 0) is 30.3 Å². The van der Waals surface area contributed by atoms with Crippen molar-refractivity contribution in [3.63, 3.8) is 0 Å². The molecule has 1 nitrogen and oxygen atoms in total. The molecule has 0 bridgehead atoms. The van der Waals surface area contributed by atoms with Gasteiger partial charge in [-0.25, -0.2) is 0 Å². The number of allylic oxidation sites excluding steroid dienone is 2. The lowest BCUT2D eigenvalue weighted by Crippen LogP contribution is -2.08. The van der Waals surface area contributed by atoms with E-state index < -0.39 is 0 Å². The molecule has 1 N–H and O–H groups in total. The highest BCUT2D eigenvalue weighted by atomic mass is 16.2. The van der Waals surface area contributed by atoms with Crippen molar-refractivity contribution in [1.29, 1.82) is 0 Å². The van der Waals surface area contributed by atoms with Gasteiger partial charge in [0.25, 0.3) is 0 Å². The lowest BCUT2D eigenvalue weighted by molar-refractivity contribution is 0.322. The van der Waals surface area contributed by atoms with Crippen molar-refractivity contribution >= 4 is 0 Å². The third-order valence-corrected chi connectivity index (χ3v) is 5.71. The summed E-state index contributed by atoms with van der Waals surface area (Å²) in [5.74, 6) is 2.04. The number of rotatable bonds is 14. The Labute approximate surface area is 145 Å². The fourth-order valence-corrected chi connectivity index (χ4v) is 4.19. The van der Waals surface area contributed by atoms with E-state index in [-0.39, 0.29) is 0 Å². The molecule has 1 heteroatoms. The standard InChI is InChI=1S/C22H40O/c1-3-5-6-7-8-11-15-21-17-13-18-22(21)16-12-9-10-14-20(4-2)19-23/h4,19,21-23H,2-3,5-18H2,1H3/t21-,22-/m0/s1. The van der Waals surface area contributed by atoms with E-state index in [0.717, 1.165) is 23.8 Å². The molecule has 0 aromatic heterocycles. The topological polar surface area (TPSA) is 20.2 Å². The molecule has 134 valence electrons. The summed E-state index contributed by atoms with van der Waals surface area (Å²) < 4.78 is 0. The van der Waals surface area contributed by atoms with Gasteiger partial charge in [-0.3, -0.25) is 0 Å². The number of aliphatic hydroxyl groups is 1. The molecule has 0 spiro atoms. The highest BCUT2D eigenvalue weighted by Crippen LogP contribution is 2.38. The Kier molecular flexibility index (Phi) is 12.1. The molecule has 1 rings (SSSR count). The van der Waals surface area contributed by atoms with E-state index in [1.807, 2.05) is 0 Å². The third kappa shape index (κ3) is 9.23. The molecule has 0 aromatic rings. The molecule has 0 heterocycles. The number of unbranched alkanes of at least 4 members (excludes halogenated alkanes) is 7. The Balaban J connectivity index is 2.05. The van der Waals surface area contributed by atoms with Crippen LogP contribution in [0.5, 0.6) is 0 Å². The van der Waals surface area contributed by atoms with Gasteiger partial charge in [-0.2, -0.15) is 0 Å². The normalized spacial score (nSPS) is 21.7. The molecule has 23 heavy (non-hydrogen) atoms. The highest BCUT2D eigenvalue weighted by molar-refractivity contribution is 5.12. The van der Waals surface area contributed by atoms with Crippen molar-refractivity contribution in [3.8, 4) is 0 Å². The largest absolute Gasteiger partial charge is 0.515 e. The molecule has 1 aliphatic rings. The Morgan fingerprint density at radius 2 is 1.48 bits per heavy atom. The molecular formula is C22H40O. The van der Waals surface area contributed by atoms with Gasteiger partial charge < -0.3 is 5.11 Å². The van der Waals surface area contributed by atoms with Gasteiger partial charge in [0.1, 0.15) is 0 Å². The average molecular weight is 321 g/mol. The highest BCUT2D eigenvalue weighted by Gasteiger charge is 2.25. The average Bonchev–Trinajstić information content (AvgIpc) is 3.01. The lowest BCUT2D eigenvalue weighted by Gasteiger charge is -2.19. The first kappa shape index (κ1) is 20.3. The summed E-state index contributed by atoms with van der Waals surface area (Å²) in [6.07, 6.45) is 23.8. The summed E-state index contributed by atoms with van der Waals surface area (Å²) >= 11 is 0. The van der Waals surface area contributed by atoms with E-state index in [4.69, 9.17) is 5.11 Å². The van der Waals surface area contributed by atoms with E-state index in [2.05, 4.69) is 13.5 Å². The van der Waals surface area contributed by atoms with Gasteiger partial charge in [0, 0.05) is 0 Å². The molecule has 0 aliphatic heterocycles. The molecule has 0 amide bonds. The number of hydrogen-bond acceptors (Lipinski definition) is 1. The lowest BCUT2D eigenvalue weighted by atomic mass is 9.86. The van der Waals surface area contributed by atoms with Crippen LogP contribution in [0.2, 0.25) is 0 Å². The van der Waals surface area contributed by atoms with Crippen molar-refractivity contribution in [3.05, 3.63) is 24.5 Å². The predicted octanol–water partition coefficient (Wildman–Crippen LogP) is 7.73. The minimum atomic E-state index is 0.978. The van der Waals surface area contributed by atoms with E-state index >= 15 is 0 Å². The van der Waals surface area contributed by atoms with E-state index in [1.165, 1.54) is 96.2 Å². The molecule has 1 fully saturated rings. The monoisotopic (exact) mass is 320 g/mol. The zero-order valence-corrected chi connectivity index (χ0v) is 15.6.